The number of carbonyl (C=O) groups is 2. The molecular weight excluding hydrogens is 425 g/mol. The van der Waals surface area contributed by atoms with Crippen molar-refractivity contribution in [2.75, 3.05) is 11.9 Å². The highest BCUT2D eigenvalue weighted by molar-refractivity contribution is 7.11. The molecular formula is C25H28FN3O2S. The van der Waals surface area contributed by atoms with Crippen LogP contribution in [0.5, 0.6) is 0 Å². The zero-order valence-corrected chi connectivity index (χ0v) is 19.4. The smallest absolute Gasteiger partial charge is 0.322 e. The molecule has 0 saturated heterocycles. The minimum atomic E-state index is -0.439. The number of rotatable bonds is 8. The van der Waals surface area contributed by atoms with Crippen LogP contribution in [-0.2, 0) is 17.9 Å². The van der Waals surface area contributed by atoms with Crippen molar-refractivity contribution in [2.45, 2.75) is 39.9 Å². The molecule has 168 valence electrons. The van der Waals surface area contributed by atoms with E-state index in [1.807, 2.05) is 63.2 Å². The van der Waals surface area contributed by atoms with Crippen LogP contribution in [-0.4, -0.2) is 34.3 Å². The monoisotopic (exact) mass is 453 g/mol. The van der Waals surface area contributed by atoms with Crippen LogP contribution in [0.1, 0.15) is 29.2 Å². The van der Waals surface area contributed by atoms with Gasteiger partial charge in [-0.05, 0) is 56.7 Å². The number of amides is 3. The van der Waals surface area contributed by atoms with Crippen molar-refractivity contribution in [1.82, 2.24) is 9.80 Å². The van der Waals surface area contributed by atoms with Gasteiger partial charge in [-0.1, -0.05) is 36.4 Å². The maximum Gasteiger partial charge on any atom is 0.322 e. The molecule has 32 heavy (non-hydrogen) atoms. The number of nitrogens with one attached hydrogen (secondary N) is 1. The maximum atomic E-state index is 13.5. The topological polar surface area (TPSA) is 52.7 Å². The summed E-state index contributed by atoms with van der Waals surface area (Å²) in [6.45, 7) is 6.59. The number of halogens is 1. The Morgan fingerprint density at radius 1 is 1.00 bits per heavy atom. The van der Waals surface area contributed by atoms with E-state index < -0.39 is 11.8 Å². The van der Waals surface area contributed by atoms with Gasteiger partial charge < -0.3 is 15.1 Å². The minimum absolute atomic E-state index is 0.0734. The molecule has 3 rings (SSSR count). The third-order valence-electron chi connectivity index (χ3n) is 4.98. The number of anilines is 1. The lowest BCUT2D eigenvalue weighted by molar-refractivity contribution is -0.133. The zero-order chi connectivity index (χ0) is 23.1. The lowest BCUT2D eigenvalue weighted by Gasteiger charge is -2.30. The molecule has 0 radical (unpaired) electrons. The Morgan fingerprint density at radius 3 is 2.38 bits per heavy atom. The summed E-state index contributed by atoms with van der Waals surface area (Å²) < 4.78 is 13.5. The first-order valence-corrected chi connectivity index (χ1v) is 11.3. The number of hydrogen-bond donors (Lipinski definition) is 1. The normalized spacial score (nSPS) is 10.8. The van der Waals surface area contributed by atoms with Gasteiger partial charge in [-0.15, -0.1) is 11.3 Å². The molecule has 0 aliphatic carbocycles. The average molecular weight is 454 g/mol. The molecule has 0 aliphatic heterocycles. The molecule has 3 amide bonds. The van der Waals surface area contributed by atoms with E-state index in [-0.39, 0.29) is 18.5 Å². The second-order valence-corrected chi connectivity index (χ2v) is 9.28. The Hall–Kier alpha value is -3.19. The van der Waals surface area contributed by atoms with Gasteiger partial charge in [0.2, 0.25) is 5.91 Å². The Bertz CT molecular complexity index is 1050. The Kier molecular flexibility index (Phi) is 8.00. The number of aryl methyl sites for hydroxylation is 1. The number of nitrogens with zero attached hydrogens (tertiary/aromatic N) is 2. The van der Waals surface area contributed by atoms with Gasteiger partial charge in [-0.3, -0.25) is 4.79 Å². The van der Waals surface area contributed by atoms with Gasteiger partial charge in [-0.25, -0.2) is 9.18 Å². The van der Waals surface area contributed by atoms with E-state index in [9.17, 15) is 14.0 Å². The summed E-state index contributed by atoms with van der Waals surface area (Å²) in [5.41, 5.74) is 1.37. The average Bonchev–Trinajstić information content (AvgIpc) is 3.16. The molecule has 0 unspecified atom stereocenters. The summed E-state index contributed by atoms with van der Waals surface area (Å²) in [4.78, 5) is 31.7. The van der Waals surface area contributed by atoms with Crippen LogP contribution in [0.2, 0.25) is 0 Å². The molecule has 1 heterocycles. The van der Waals surface area contributed by atoms with Gasteiger partial charge in [-0.2, -0.15) is 0 Å². The van der Waals surface area contributed by atoms with Crippen LogP contribution < -0.4 is 5.32 Å². The van der Waals surface area contributed by atoms with E-state index in [2.05, 4.69) is 5.32 Å². The van der Waals surface area contributed by atoms with Gasteiger partial charge in [0.15, 0.2) is 0 Å². The predicted molar refractivity (Wildman–Crippen MR) is 127 cm³/mol. The lowest BCUT2D eigenvalue weighted by atomic mass is 10.2. The summed E-state index contributed by atoms with van der Waals surface area (Å²) in [6.07, 6.45) is 0. The fourth-order valence-electron chi connectivity index (χ4n) is 3.29. The van der Waals surface area contributed by atoms with Crippen LogP contribution >= 0.6 is 11.3 Å². The Morgan fingerprint density at radius 2 is 1.75 bits per heavy atom. The molecule has 0 atom stereocenters. The summed E-state index contributed by atoms with van der Waals surface area (Å²) in [5, 5.41) is 2.69. The fraction of sp³-hybridized carbons (Fsp3) is 0.280. The van der Waals surface area contributed by atoms with Gasteiger partial charge in [0, 0.05) is 28.0 Å². The second-order valence-electron chi connectivity index (χ2n) is 7.91. The first kappa shape index (κ1) is 23.5. The quantitative estimate of drug-likeness (QED) is 0.478. The van der Waals surface area contributed by atoms with E-state index in [0.717, 1.165) is 10.4 Å². The van der Waals surface area contributed by atoms with Crippen molar-refractivity contribution in [1.29, 1.82) is 0 Å². The van der Waals surface area contributed by atoms with Gasteiger partial charge in [0.25, 0.3) is 0 Å². The molecule has 3 aromatic rings. The molecule has 2 aromatic carbocycles. The van der Waals surface area contributed by atoms with E-state index in [4.69, 9.17) is 0 Å². The summed E-state index contributed by atoms with van der Waals surface area (Å²) in [7, 11) is 0. The number of carbonyl (C=O) groups excluding carboxylic acids is 2. The molecule has 1 N–H and O–H groups in total. The fourth-order valence-corrected chi connectivity index (χ4v) is 4.20. The third kappa shape index (κ3) is 6.65. The van der Waals surface area contributed by atoms with Crippen molar-refractivity contribution >= 4 is 29.0 Å². The van der Waals surface area contributed by atoms with E-state index in [0.29, 0.717) is 18.8 Å². The van der Waals surface area contributed by atoms with Crippen LogP contribution in [0.25, 0.3) is 0 Å². The highest BCUT2D eigenvalue weighted by atomic mass is 32.1. The van der Waals surface area contributed by atoms with Gasteiger partial charge in [0.05, 0.1) is 6.54 Å². The van der Waals surface area contributed by atoms with Crippen molar-refractivity contribution in [3.63, 3.8) is 0 Å². The standard InChI is InChI=1S/C25H28FN3O2S/c1-18(2)29(25(31)27-22-11-7-10-21(26)14-22)17-24(30)28(15-20-8-5-4-6-9-20)16-23-13-12-19(3)32-23/h4-14,18H,15-17H2,1-3H3,(H,27,31). The van der Waals surface area contributed by atoms with Crippen LogP contribution in [0, 0.1) is 12.7 Å². The van der Waals surface area contributed by atoms with Crippen LogP contribution in [0.15, 0.2) is 66.7 Å². The first-order chi connectivity index (χ1) is 15.3. The molecule has 5 nitrogen and oxygen atoms in total. The summed E-state index contributed by atoms with van der Waals surface area (Å²) in [6, 6.07) is 18.9. The molecule has 7 heteroatoms. The third-order valence-corrected chi connectivity index (χ3v) is 5.96. The zero-order valence-electron chi connectivity index (χ0n) is 18.5. The predicted octanol–water partition coefficient (Wildman–Crippen LogP) is 5.67. The Balaban J connectivity index is 1.75. The highest BCUT2D eigenvalue weighted by Gasteiger charge is 2.24. The summed E-state index contributed by atoms with van der Waals surface area (Å²) in [5.74, 6) is -0.585. The van der Waals surface area contributed by atoms with Crippen molar-refractivity contribution in [3.05, 3.63) is 87.9 Å². The second kappa shape index (κ2) is 10.9. The van der Waals surface area contributed by atoms with Gasteiger partial charge in [0.1, 0.15) is 12.4 Å². The number of hydrogen-bond acceptors (Lipinski definition) is 3. The minimum Gasteiger partial charge on any atom is -0.332 e. The van der Waals surface area contributed by atoms with Crippen molar-refractivity contribution in [3.8, 4) is 0 Å². The van der Waals surface area contributed by atoms with Crippen molar-refractivity contribution in [2.24, 2.45) is 0 Å². The number of thiophene rings is 1. The molecule has 0 fully saturated rings. The van der Waals surface area contributed by atoms with Crippen LogP contribution in [0.4, 0.5) is 14.9 Å². The van der Waals surface area contributed by atoms with Crippen LogP contribution in [0.3, 0.4) is 0 Å². The van der Waals surface area contributed by atoms with Gasteiger partial charge >= 0.3 is 6.03 Å². The lowest BCUT2D eigenvalue weighted by Crippen LogP contribution is -2.47. The molecule has 1 aromatic heterocycles. The highest BCUT2D eigenvalue weighted by Crippen LogP contribution is 2.19. The molecule has 0 aliphatic rings. The number of urea groups is 1. The van der Waals surface area contributed by atoms with E-state index in [1.54, 1.807) is 22.3 Å². The molecule has 0 bridgehead atoms. The molecule has 0 spiro atoms. The van der Waals surface area contributed by atoms with E-state index >= 15 is 0 Å². The largest absolute Gasteiger partial charge is 0.332 e. The molecule has 0 saturated carbocycles. The number of benzene rings is 2. The van der Waals surface area contributed by atoms with Crippen molar-refractivity contribution < 1.29 is 14.0 Å². The van der Waals surface area contributed by atoms with E-state index in [1.165, 1.54) is 28.0 Å². The maximum absolute atomic E-state index is 13.5. The SMILES string of the molecule is Cc1ccc(CN(Cc2ccccc2)C(=O)CN(C(=O)Nc2cccc(F)c2)C(C)C)s1. The Labute approximate surface area is 192 Å². The first-order valence-electron chi connectivity index (χ1n) is 10.5. The summed E-state index contributed by atoms with van der Waals surface area (Å²) >= 11 is 1.66.